The first-order chi connectivity index (χ1) is 11.2. The van der Waals surface area contributed by atoms with Gasteiger partial charge in [-0.1, -0.05) is 18.2 Å². The van der Waals surface area contributed by atoms with Crippen molar-refractivity contribution in [2.75, 3.05) is 16.0 Å². The van der Waals surface area contributed by atoms with Crippen LogP contribution in [0, 0.1) is 0 Å². The smallest absolute Gasteiger partial charge is 0.330 e. The summed E-state index contributed by atoms with van der Waals surface area (Å²) in [5.74, 6) is 0. The molecule has 3 aromatic rings. The molecule has 3 rings (SSSR count). The number of nitrogens with zero attached hydrogens (tertiary/aromatic N) is 2. The normalized spacial score (nSPS) is 10.1. The van der Waals surface area contributed by atoms with Crippen molar-refractivity contribution in [2.45, 2.75) is 0 Å². The molecule has 0 saturated heterocycles. The molecule has 0 spiro atoms. The molecule has 0 saturated carbocycles. The van der Waals surface area contributed by atoms with Crippen molar-refractivity contribution >= 4 is 28.8 Å². The molecule has 0 fully saturated rings. The van der Waals surface area contributed by atoms with Crippen LogP contribution in [0.5, 0.6) is 0 Å². The number of rotatable bonds is 3. The molecule has 1 heterocycles. The second-order valence-corrected chi connectivity index (χ2v) is 4.93. The number of carbonyl (C=O) groups is 1. The Balaban J connectivity index is 1.95. The van der Waals surface area contributed by atoms with E-state index in [0.717, 1.165) is 11.4 Å². The van der Waals surface area contributed by atoms with Crippen molar-refractivity contribution in [2.24, 2.45) is 0 Å². The molecular weight excluding hydrogens is 288 g/mol. The maximum Gasteiger partial charge on any atom is 0.330 e. The molecule has 0 bridgehead atoms. The van der Waals surface area contributed by atoms with Gasteiger partial charge in [-0.25, -0.2) is 4.79 Å². The van der Waals surface area contributed by atoms with Gasteiger partial charge in [0.05, 0.1) is 23.3 Å². The van der Waals surface area contributed by atoms with E-state index in [-0.39, 0.29) is 6.03 Å². The monoisotopic (exact) mass is 304 g/mol. The minimum absolute atomic E-state index is 0.269. The van der Waals surface area contributed by atoms with Gasteiger partial charge in [0, 0.05) is 11.9 Å². The van der Waals surface area contributed by atoms with Crippen LogP contribution in [-0.4, -0.2) is 11.0 Å². The van der Waals surface area contributed by atoms with Crippen molar-refractivity contribution in [1.29, 1.82) is 0 Å². The number of pyridine rings is 1. The van der Waals surface area contributed by atoms with Crippen molar-refractivity contribution in [3.63, 3.8) is 0 Å². The van der Waals surface area contributed by atoms with Gasteiger partial charge in [-0.15, -0.1) is 0 Å². The molecule has 0 aliphatic carbocycles. The topological polar surface area (TPSA) is 71.2 Å². The van der Waals surface area contributed by atoms with Gasteiger partial charge in [0.2, 0.25) is 0 Å². The summed E-state index contributed by atoms with van der Waals surface area (Å²) in [5.41, 5.74) is 8.51. The summed E-state index contributed by atoms with van der Waals surface area (Å²) in [6, 6.07) is 19.9. The van der Waals surface area contributed by atoms with Crippen molar-refractivity contribution in [1.82, 2.24) is 4.98 Å². The minimum Gasteiger partial charge on any atom is -0.399 e. The number of nitrogen functional groups attached to an aromatic ring is 1. The van der Waals surface area contributed by atoms with Crippen LogP contribution < -0.4 is 16.0 Å². The molecule has 0 aliphatic heterocycles. The third kappa shape index (κ3) is 3.47. The lowest BCUT2D eigenvalue weighted by atomic mass is 10.2. The highest BCUT2D eigenvalue weighted by atomic mass is 16.2. The highest BCUT2D eigenvalue weighted by molar-refractivity contribution is 6.07. The molecule has 0 atom stereocenters. The molecule has 0 radical (unpaired) electrons. The van der Waals surface area contributed by atoms with Crippen LogP contribution in [0.15, 0.2) is 79.1 Å². The zero-order valence-corrected chi connectivity index (χ0v) is 12.4. The number of nitrogens with one attached hydrogen (secondary N) is 1. The molecule has 2 amide bonds. The first-order valence-corrected chi connectivity index (χ1v) is 7.16. The van der Waals surface area contributed by atoms with Crippen LogP contribution >= 0.6 is 0 Å². The Kier molecular flexibility index (Phi) is 4.20. The highest BCUT2D eigenvalue weighted by Gasteiger charge is 2.18. The standard InChI is InChI=1S/C18H16N4O/c19-14-8-10-17(11-9-14)22(16-6-2-1-3-7-16)18(23)21-15-5-4-12-20-13-15/h1-13H,19H2,(H,21,23). The third-order valence-electron chi connectivity index (χ3n) is 3.28. The van der Waals surface area contributed by atoms with E-state index in [9.17, 15) is 4.79 Å². The average Bonchev–Trinajstić information content (AvgIpc) is 2.59. The molecule has 0 unspecified atom stereocenters. The van der Waals surface area contributed by atoms with Crippen LogP contribution in [0.25, 0.3) is 0 Å². The van der Waals surface area contributed by atoms with E-state index in [1.807, 2.05) is 42.5 Å². The second-order valence-electron chi connectivity index (χ2n) is 4.93. The Hall–Kier alpha value is -3.34. The van der Waals surface area contributed by atoms with Crippen molar-refractivity contribution in [3.8, 4) is 0 Å². The number of hydrogen-bond donors (Lipinski definition) is 2. The predicted octanol–water partition coefficient (Wildman–Crippen LogP) is 4.03. The van der Waals surface area contributed by atoms with E-state index >= 15 is 0 Å². The van der Waals surface area contributed by atoms with E-state index in [4.69, 9.17) is 5.73 Å². The van der Waals surface area contributed by atoms with Crippen LogP contribution in [0.2, 0.25) is 0 Å². The fourth-order valence-corrected chi connectivity index (χ4v) is 2.20. The summed E-state index contributed by atoms with van der Waals surface area (Å²) in [7, 11) is 0. The molecule has 1 aromatic heterocycles. The summed E-state index contributed by atoms with van der Waals surface area (Å²) in [6.45, 7) is 0. The Morgan fingerprint density at radius 3 is 2.26 bits per heavy atom. The Morgan fingerprint density at radius 1 is 0.913 bits per heavy atom. The van der Waals surface area contributed by atoms with Gasteiger partial charge in [0.1, 0.15) is 0 Å². The molecule has 0 aliphatic rings. The van der Waals surface area contributed by atoms with E-state index in [2.05, 4.69) is 10.3 Å². The highest BCUT2D eigenvalue weighted by Crippen LogP contribution is 2.27. The number of aromatic nitrogens is 1. The fraction of sp³-hybridized carbons (Fsp3) is 0. The van der Waals surface area contributed by atoms with Gasteiger partial charge < -0.3 is 11.1 Å². The zero-order chi connectivity index (χ0) is 16.1. The summed E-state index contributed by atoms with van der Waals surface area (Å²) in [4.78, 5) is 18.3. The first kappa shape index (κ1) is 14.6. The largest absolute Gasteiger partial charge is 0.399 e. The van der Waals surface area contributed by atoms with Gasteiger partial charge in [-0.2, -0.15) is 0 Å². The van der Waals surface area contributed by atoms with Crippen molar-refractivity contribution in [3.05, 3.63) is 79.1 Å². The average molecular weight is 304 g/mol. The van der Waals surface area contributed by atoms with Gasteiger partial charge in [-0.3, -0.25) is 9.88 Å². The van der Waals surface area contributed by atoms with E-state index in [1.165, 1.54) is 0 Å². The van der Waals surface area contributed by atoms with E-state index in [0.29, 0.717) is 11.4 Å². The second kappa shape index (κ2) is 6.62. The van der Waals surface area contributed by atoms with Gasteiger partial charge in [0.15, 0.2) is 0 Å². The summed E-state index contributed by atoms with van der Waals surface area (Å²) in [6.07, 6.45) is 3.26. The molecule has 2 aromatic carbocycles. The molecular formula is C18H16N4O. The molecule has 3 N–H and O–H groups in total. The van der Waals surface area contributed by atoms with Crippen molar-refractivity contribution < 1.29 is 4.79 Å². The lowest BCUT2D eigenvalue weighted by molar-refractivity contribution is 0.259. The van der Waals surface area contributed by atoms with Gasteiger partial charge >= 0.3 is 6.03 Å². The van der Waals surface area contributed by atoms with Crippen LogP contribution in [0.3, 0.4) is 0 Å². The number of nitrogens with two attached hydrogens (primary N) is 1. The lowest BCUT2D eigenvalue weighted by Gasteiger charge is -2.23. The first-order valence-electron chi connectivity index (χ1n) is 7.16. The fourth-order valence-electron chi connectivity index (χ4n) is 2.20. The number of carbonyl (C=O) groups excluding carboxylic acids is 1. The maximum absolute atomic E-state index is 12.8. The number of para-hydroxylation sites is 1. The lowest BCUT2D eigenvalue weighted by Crippen LogP contribution is -2.30. The number of anilines is 4. The quantitative estimate of drug-likeness (QED) is 0.717. The zero-order valence-electron chi connectivity index (χ0n) is 12.4. The number of amides is 2. The third-order valence-corrected chi connectivity index (χ3v) is 3.28. The SMILES string of the molecule is Nc1ccc(N(C(=O)Nc2cccnc2)c2ccccc2)cc1. The molecule has 23 heavy (non-hydrogen) atoms. The van der Waals surface area contributed by atoms with E-state index in [1.54, 1.807) is 41.6 Å². The predicted molar refractivity (Wildman–Crippen MR) is 92.7 cm³/mol. The number of benzene rings is 2. The van der Waals surface area contributed by atoms with Crippen LogP contribution in [-0.2, 0) is 0 Å². The van der Waals surface area contributed by atoms with Gasteiger partial charge in [0.25, 0.3) is 0 Å². The number of hydrogen-bond acceptors (Lipinski definition) is 3. The van der Waals surface area contributed by atoms with Crippen LogP contribution in [0.4, 0.5) is 27.5 Å². The molecule has 5 nitrogen and oxygen atoms in total. The Morgan fingerprint density at radius 2 is 1.61 bits per heavy atom. The summed E-state index contributed by atoms with van der Waals surface area (Å²) in [5, 5.41) is 2.85. The molecule has 114 valence electrons. The van der Waals surface area contributed by atoms with Crippen LogP contribution in [0.1, 0.15) is 0 Å². The maximum atomic E-state index is 12.8. The summed E-state index contributed by atoms with van der Waals surface area (Å²) >= 11 is 0. The molecule has 5 heteroatoms. The number of urea groups is 1. The minimum atomic E-state index is -0.269. The Labute approximate surface area is 134 Å². The van der Waals surface area contributed by atoms with E-state index < -0.39 is 0 Å². The summed E-state index contributed by atoms with van der Waals surface area (Å²) < 4.78 is 0. The van der Waals surface area contributed by atoms with Gasteiger partial charge in [-0.05, 0) is 48.5 Å². The Bertz CT molecular complexity index is 773.